The molecule has 3 rings (SSSR count). The standard InChI is InChI=1S/C17H20N6O2/c1-18-17(19-10-12-6-3-4-7-13(12)24-2)20-11-15-21-16(23-22-15)14-8-5-9-25-14/h3-9H,10-11H2,1-2H3,(H2,18,19,20)(H,21,22,23). The maximum atomic E-state index is 5.35. The number of nitrogens with one attached hydrogen (secondary N) is 3. The summed E-state index contributed by atoms with van der Waals surface area (Å²) >= 11 is 0. The van der Waals surface area contributed by atoms with Gasteiger partial charge in [-0.1, -0.05) is 18.2 Å². The normalized spacial score (nSPS) is 11.4. The van der Waals surface area contributed by atoms with E-state index in [2.05, 4.69) is 30.8 Å². The molecule has 2 aromatic heterocycles. The smallest absolute Gasteiger partial charge is 0.216 e. The largest absolute Gasteiger partial charge is 0.496 e. The highest BCUT2D eigenvalue weighted by Gasteiger charge is 2.09. The van der Waals surface area contributed by atoms with Crippen LogP contribution in [0.3, 0.4) is 0 Å². The number of furan rings is 1. The van der Waals surface area contributed by atoms with E-state index in [0.29, 0.717) is 36.5 Å². The quantitative estimate of drug-likeness (QED) is 0.468. The van der Waals surface area contributed by atoms with Crippen LogP contribution in [-0.4, -0.2) is 35.3 Å². The van der Waals surface area contributed by atoms with E-state index in [1.807, 2.05) is 30.3 Å². The minimum Gasteiger partial charge on any atom is -0.496 e. The van der Waals surface area contributed by atoms with Crippen molar-refractivity contribution in [1.82, 2.24) is 25.8 Å². The molecule has 1 aromatic carbocycles. The Morgan fingerprint density at radius 1 is 1.20 bits per heavy atom. The van der Waals surface area contributed by atoms with Crippen molar-refractivity contribution in [3.05, 3.63) is 54.0 Å². The van der Waals surface area contributed by atoms with E-state index < -0.39 is 0 Å². The van der Waals surface area contributed by atoms with Crippen LogP contribution in [0.25, 0.3) is 11.6 Å². The number of nitrogens with zero attached hydrogens (tertiary/aromatic N) is 3. The van der Waals surface area contributed by atoms with Crippen LogP contribution in [0.15, 0.2) is 52.1 Å². The van der Waals surface area contributed by atoms with Gasteiger partial charge in [-0.3, -0.25) is 10.1 Å². The molecule has 0 radical (unpaired) electrons. The van der Waals surface area contributed by atoms with E-state index >= 15 is 0 Å². The minimum absolute atomic E-state index is 0.458. The van der Waals surface area contributed by atoms with Crippen molar-refractivity contribution in [1.29, 1.82) is 0 Å². The van der Waals surface area contributed by atoms with Crippen LogP contribution in [0.5, 0.6) is 5.75 Å². The maximum Gasteiger partial charge on any atom is 0.216 e. The van der Waals surface area contributed by atoms with Gasteiger partial charge in [0.05, 0.1) is 19.9 Å². The molecule has 8 heteroatoms. The SMILES string of the molecule is CN=C(NCc1nc(-c2ccco2)n[nH]1)NCc1ccccc1OC. The summed E-state index contributed by atoms with van der Waals surface area (Å²) < 4.78 is 10.6. The van der Waals surface area contributed by atoms with Gasteiger partial charge in [-0.15, -0.1) is 5.10 Å². The molecule has 0 saturated carbocycles. The summed E-state index contributed by atoms with van der Waals surface area (Å²) in [6, 6.07) is 11.5. The van der Waals surface area contributed by atoms with Gasteiger partial charge in [0.25, 0.3) is 0 Å². The third kappa shape index (κ3) is 4.17. The molecule has 0 spiro atoms. The third-order valence-electron chi connectivity index (χ3n) is 3.56. The predicted molar refractivity (Wildman–Crippen MR) is 94.1 cm³/mol. The number of methoxy groups -OCH3 is 1. The summed E-state index contributed by atoms with van der Waals surface area (Å²) in [5, 5.41) is 13.4. The highest BCUT2D eigenvalue weighted by molar-refractivity contribution is 5.79. The lowest BCUT2D eigenvalue weighted by atomic mass is 10.2. The van der Waals surface area contributed by atoms with E-state index in [-0.39, 0.29) is 0 Å². The number of aromatic nitrogens is 3. The molecule has 0 saturated heterocycles. The van der Waals surface area contributed by atoms with Gasteiger partial charge in [-0.05, 0) is 18.2 Å². The first-order valence-corrected chi connectivity index (χ1v) is 7.81. The zero-order valence-electron chi connectivity index (χ0n) is 14.1. The molecule has 8 nitrogen and oxygen atoms in total. The van der Waals surface area contributed by atoms with Crippen molar-refractivity contribution in [2.45, 2.75) is 13.1 Å². The van der Waals surface area contributed by atoms with Gasteiger partial charge in [0.2, 0.25) is 5.82 Å². The Kier molecular flexibility index (Phi) is 5.30. The number of rotatable bonds is 6. The van der Waals surface area contributed by atoms with E-state index in [0.717, 1.165) is 11.3 Å². The number of hydrogen-bond acceptors (Lipinski definition) is 5. The number of aromatic amines is 1. The van der Waals surface area contributed by atoms with Gasteiger partial charge in [0.15, 0.2) is 11.7 Å². The first kappa shape index (κ1) is 16.6. The molecule has 25 heavy (non-hydrogen) atoms. The number of guanidine groups is 1. The van der Waals surface area contributed by atoms with Crippen molar-refractivity contribution in [2.24, 2.45) is 4.99 Å². The lowest BCUT2D eigenvalue weighted by Crippen LogP contribution is -2.36. The topological polar surface area (TPSA) is 100 Å². The number of aliphatic imine (C=N–C) groups is 1. The van der Waals surface area contributed by atoms with E-state index in [1.165, 1.54) is 0 Å². The summed E-state index contributed by atoms with van der Waals surface area (Å²) in [4.78, 5) is 8.58. The molecule has 0 aliphatic heterocycles. The Morgan fingerprint density at radius 3 is 2.80 bits per heavy atom. The Hall–Kier alpha value is -3.29. The molecule has 0 amide bonds. The van der Waals surface area contributed by atoms with Crippen molar-refractivity contribution >= 4 is 5.96 Å². The van der Waals surface area contributed by atoms with E-state index in [9.17, 15) is 0 Å². The van der Waals surface area contributed by atoms with Crippen molar-refractivity contribution < 1.29 is 9.15 Å². The van der Waals surface area contributed by atoms with Crippen molar-refractivity contribution in [3.8, 4) is 17.3 Å². The van der Waals surface area contributed by atoms with E-state index in [4.69, 9.17) is 9.15 Å². The first-order valence-electron chi connectivity index (χ1n) is 7.81. The van der Waals surface area contributed by atoms with Gasteiger partial charge in [-0.25, -0.2) is 4.98 Å². The van der Waals surface area contributed by atoms with Gasteiger partial charge >= 0.3 is 0 Å². The summed E-state index contributed by atoms with van der Waals surface area (Å²) in [6.07, 6.45) is 1.59. The van der Waals surface area contributed by atoms with Gasteiger partial charge in [-0.2, -0.15) is 0 Å². The average Bonchev–Trinajstić information content (AvgIpc) is 3.33. The summed E-state index contributed by atoms with van der Waals surface area (Å²) in [5.41, 5.74) is 1.05. The highest BCUT2D eigenvalue weighted by atomic mass is 16.5. The Bertz CT molecular complexity index is 825. The molecule has 0 aliphatic rings. The number of hydrogen-bond donors (Lipinski definition) is 3. The monoisotopic (exact) mass is 340 g/mol. The van der Waals surface area contributed by atoms with Gasteiger partial charge in [0.1, 0.15) is 11.6 Å². The minimum atomic E-state index is 0.458. The second-order valence-electron chi connectivity index (χ2n) is 5.17. The molecular formula is C17H20N6O2. The van der Waals surface area contributed by atoms with Gasteiger partial charge < -0.3 is 19.8 Å². The lowest BCUT2D eigenvalue weighted by molar-refractivity contribution is 0.409. The predicted octanol–water partition coefficient (Wildman–Crippen LogP) is 1.94. The summed E-state index contributed by atoms with van der Waals surface area (Å²) in [5.74, 6) is 3.33. The van der Waals surface area contributed by atoms with Gasteiger partial charge in [0, 0.05) is 19.2 Å². The fourth-order valence-electron chi connectivity index (χ4n) is 2.31. The van der Waals surface area contributed by atoms with Crippen LogP contribution in [0.4, 0.5) is 0 Å². The Morgan fingerprint density at radius 2 is 2.04 bits per heavy atom. The second kappa shape index (κ2) is 8.00. The van der Waals surface area contributed by atoms with Crippen LogP contribution in [0, 0.1) is 0 Å². The maximum absolute atomic E-state index is 5.35. The molecule has 0 atom stereocenters. The number of H-pyrrole nitrogens is 1. The third-order valence-corrected chi connectivity index (χ3v) is 3.56. The Balaban J connectivity index is 1.54. The molecule has 3 aromatic rings. The van der Waals surface area contributed by atoms with Crippen LogP contribution >= 0.6 is 0 Å². The highest BCUT2D eigenvalue weighted by Crippen LogP contribution is 2.16. The van der Waals surface area contributed by atoms with Crippen LogP contribution in [0.1, 0.15) is 11.4 Å². The molecule has 2 heterocycles. The van der Waals surface area contributed by atoms with Crippen LogP contribution < -0.4 is 15.4 Å². The zero-order chi connectivity index (χ0) is 17.5. The second-order valence-corrected chi connectivity index (χ2v) is 5.17. The van der Waals surface area contributed by atoms with Crippen LogP contribution in [-0.2, 0) is 13.1 Å². The van der Waals surface area contributed by atoms with Crippen molar-refractivity contribution in [3.63, 3.8) is 0 Å². The number of ether oxygens (including phenoxy) is 1. The fraction of sp³-hybridized carbons (Fsp3) is 0.235. The first-order chi connectivity index (χ1) is 12.3. The molecule has 0 fully saturated rings. The van der Waals surface area contributed by atoms with Crippen LogP contribution in [0.2, 0.25) is 0 Å². The lowest BCUT2D eigenvalue weighted by Gasteiger charge is -2.12. The molecule has 0 aliphatic carbocycles. The molecule has 130 valence electrons. The number of benzene rings is 1. The molecule has 0 bridgehead atoms. The zero-order valence-corrected chi connectivity index (χ0v) is 14.1. The van der Waals surface area contributed by atoms with Crippen molar-refractivity contribution in [2.75, 3.05) is 14.2 Å². The average molecular weight is 340 g/mol. The number of para-hydroxylation sites is 1. The molecule has 3 N–H and O–H groups in total. The Labute approximate surface area is 145 Å². The fourth-order valence-corrected chi connectivity index (χ4v) is 2.31. The molecular weight excluding hydrogens is 320 g/mol. The molecule has 0 unspecified atom stereocenters. The van der Waals surface area contributed by atoms with E-state index in [1.54, 1.807) is 26.5 Å². The summed E-state index contributed by atoms with van der Waals surface area (Å²) in [6.45, 7) is 1.05. The summed E-state index contributed by atoms with van der Waals surface area (Å²) in [7, 11) is 3.37.